The topological polar surface area (TPSA) is 89.5 Å². The molecule has 0 heterocycles. The van der Waals surface area contributed by atoms with Crippen LogP contribution in [0, 0.1) is 0 Å². The van der Waals surface area contributed by atoms with Crippen LogP contribution in [0.25, 0.3) is 0 Å². The minimum absolute atomic E-state index is 0.111. The van der Waals surface area contributed by atoms with Crippen molar-refractivity contribution in [3.05, 3.63) is 66.2 Å². The third-order valence-corrected chi connectivity index (χ3v) is 5.35. The van der Waals surface area contributed by atoms with Gasteiger partial charge >= 0.3 is 0 Å². The standard InChI is InChI=1S/C19H21NO5S/c1-19(2,3)25-20-18(22)17(16(21)14-10-6-4-7-11-14)26(23,24)15-12-8-5-9-13-15/h4-13,17H,1-3H3,(H,20,22). The van der Waals surface area contributed by atoms with Crippen LogP contribution < -0.4 is 5.48 Å². The summed E-state index contributed by atoms with van der Waals surface area (Å²) in [4.78, 5) is 30.5. The fourth-order valence-electron chi connectivity index (χ4n) is 2.16. The predicted molar refractivity (Wildman–Crippen MR) is 97.2 cm³/mol. The van der Waals surface area contributed by atoms with Crippen molar-refractivity contribution in [2.45, 2.75) is 36.5 Å². The van der Waals surface area contributed by atoms with Gasteiger partial charge in [-0.1, -0.05) is 48.5 Å². The van der Waals surface area contributed by atoms with Gasteiger partial charge in [-0.2, -0.15) is 0 Å². The van der Waals surface area contributed by atoms with Crippen LogP contribution in [0.5, 0.6) is 0 Å². The van der Waals surface area contributed by atoms with Gasteiger partial charge in [-0.05, 0) is 32.9 Å². The summed E-state index contributed by atoms with van der Waals surface area (Å²) >= 11 is 0. The fourth-order valence-corrected chi connectivity index (χ4v) is 3.71. The van der Waals surface area contributed by atoms with Crippen LogP contribution in [0.4, 0.5) is 0 Å². The van der Waals surface area contributed by atoms with E-state index in [0.29, 0.717) is 0 Å². The lowest BCUT2D eigenvalue weighted by atomic mass is 10.1. The molecule has 138 valence electrons. The number of sulfone groups is 1. The van der Waals surface area contributed by atoms with Gasteiger partial charge in [0, 0.05) is 5.56 Å². The van der Waals surface area contributed by atoms with Crippen molar-refractivity contribution < 1.29 is 22.8 Å². The van der Waals surface area contributed by atoms with E-state index < -0.39 is 32.4 Å². The average Bonchev–Trinajstić information content (AvgIpc) is 2.61. The molecule has 0 spiro atoms. The van der Waals surface area contributed by atoms with E-state index in [1.165, 1.54) is 36.4 Å². The molecule has 0 saturated carbocycles. The molecule has 0 aliphatic carbocycles. The molecular weight excluding hydrogens is 354 g/mol. The summed E-state index contributed by atoms with van der Waals surface area (Å²) < 4.78 is 26.0. The Kier molecular flexibility index (Phi) is 5.94. The molecule has 1 unspecified atom stereocenters. The summed E-state index contributed by atoms with van der Waals surface area (Å²) in [7, 11) is -4.26. The number of nitrogens with one attached hydrogen (secondary N) is 1. The van der Waals surface area contributed by atoms with E-state index in [1.807, 2.05) is 0 Å². The van der Waals surface area contributed by atoms with E-state index in [4.69, 9.17) is 4.84 Å². The van der Waals surface area contributed by atoms with Gasteiger partial charge < -0.3 is 0 Å². The Labute approximate surface area is 153 Å². The van der Waals surface area contributed by atoms with Crippen molar-refractivity contribution in [2.24, 2.45) is 0 Å². The Balaban J connectivity index is 2.45. The molecule has 26 heavy (non-hydrogen) atoms. The highest BCUT2D eigenvalue weighted by atomic mass is 32.2. The molecule has 0 aromatic heterocycles. The quantitative estimate of drug-likeness (QED) is 0.476. The van der Waals surface area contributed by atoms with Crippen LogP contribution >= 0.6 is 0 Å². The first-order chi connectivity index (χ1) is 12.1. The maximum atomic E-state index is 13.0. The van der Waals surface area contributed by atoms with Crippen molar-refractivity contribution in [3.8, 4) is 0 Å². The van der Waals surface area contributed by atoms with Gasteiger partial charge in [0.15, 0.2) is 15.6 Å². The van der Waals surface area contributed by atoms with Crippen LogP contribution in [0.15, 0.2) is 65.6 Å². The van der Waals surface area contributed by atoms with Gasteiger partial charge in [-0.3, -0.25) is 14.4 Å². The third-order valence-electron chi connectivity index (χ3n) is 3.37. The average molecular weight is 375 g/mol. The first-order valence-corrected chi connectivity index (χ1v) is 9.53. The second-order valence-electron chi connectivity index (χ2n) is 6.65. The maximum Gasteiger partial charge on any atom is 0.270 e. The van der Waals surface area contributed by atoms with Crippen LogP contribution in [0.1, 0.15) is 31.1 Å². The molecule has 1 N–H and O–H groups in total. The monoisotopic (exact) mass is 375 g/mol. The van der Waals surface area contributed by atoms with Crippen LogP contribution in [-0.2, 0) is 19.5 Å². The zero-order valence-corrected chi connectivity index (χ0v) is 15.6. The molecule has 0 radical (unpaired) electrons. The number of Topliss-reactive ketones (excluding diaryl/α,β-unsaturated/α-hetero) is 1. The molecule has 0 fully saturated rings. The minimum Gasteiger partial charge on any atom is -0.292 e. The summed E-state index contributed by atoms with van der Waals surface area (Å²) in [6.07, 6.45) is 0. The van der Waals surface area contributed by atoms with Gasteiger partial charge in [0.2, 0.25) is 5.25 Å². The zero-order valence-electron chi connectivity index (χ0n) is 14.8. The Morgan fingerprint density at radius 3 is 1.92 bits per heavy atom. The molecule has 7 heteroatoms. The first kappa shape index (κ1) is 19.8. The minimum atomic E-state index is -4.26. The second kappa shape index (κ2) is 7.80. The lowest BCUT2D eigenvalue weighted by Gasteiger charge is -2.22. The van der Waals surface area contributed by atoms with Gasteiger partial charge in [0.25, 0.3) is 5.91 Å². The van der Waals surface area contributed by atoms with E-state index >= 15 is 0 Å². The van der Waals surface area contributed by atoms with Crippen LogP contribution in [-0.4, -0.2) is 31.0 Å². The Hall–Kier alpha value is -2.51. The van der Waals surface area contributed by atoms with Crippen LogP contribution in [0.2, 0.25) is 0 Å². The van der Waals surface area contributed by atoms with Gasteiger partial charge in [-0.15, -0.1) is 0 Å². The van der Waals surface area contributed by atoms with Crippen molar-refractivity contribution in [1.29, 1.82) is 0 Å². The van der Waals surface area contributed by atoms with Crippen molar-refractivity contribution in [2.75, 3.05) is 0 Å². The highest BCUT2D eigenvalue weighted by molar-refractivity contribution is 7.93. The normalized spacial score (nSPS) is 13.0. The molecule has 2 aromatic carbocycles. The SMILES string of the molecule is CC(C)(C)ONC(=O)C(C(=O)c1ccccc1)S(=O)(=O)c1ccccc1. The lowest BCUT2D eigenvalue weighted by molar-refractivity contribution is -0.144. The molecule has 1 atom stereocenters. The van der Waals surface area contributed by atoms with Crippen molar-refractivity contribution >= 4 is 21.5 Å². The molecule has 2 rings (SSSR count). The maximum absolute atomic E-state index is 13.0. The van der Waals surface area contributed by atoms with Gasteiger partial charge in [0.05, 0.1) is 10.5 Å². The highest BCUT2D eigenvalue weighted by Gasteiger charge is 2.41. The predicted octanol–water partition coefficient (Wildman–Crippen LogP) is 2.56. The molecule has 1 amide bonds. The number of hydroxylamine groups is 1. The van der Waals surface area contributed by atoms with Crippen LogP contribution in [0.3, 0.4) is 0 Å². The van der Waals surface area contributed by atoms with E-state index in [1.54, 1.807) is 45.0 Å². The van der Waals surface area contributed by atoms with Gasteiger partial charge in [-0.25, -0.2) is 13.9 Å². The largest absolute Gasteiger partial charge is 0.292 e. The molecule has 6 nitrogen and oxygen atoms in total. The number of amides is 1. The molecular formula is C19H21NO5S. The number of hydrogen-bond donors (Lipinski definition) is 1. The lowest BCUT2D eigenvalue weighted by Crippen LogP contribution is -2.47. The number of hydrogen-bond acceptors (Lipinski definition) is 5. The second-order valence-corrected chi connectivity index (χ2v) is 8.68. The molecule has 2 aromatic rings. The Morgan fingerprint density at radius 1 is 0.923 bits per heavy atom. The van der Waals surface area contributed by atoms with E-state index in [9.17, 15) is 18.0 Å². The third kappa shape index (κ3) is 4.77. The van der Waals surface area contributed by atoms with Crippen molar-refractivity contribution in [3.63, 3.8) is 0 Å². The molecule has 0 aliphatic rings. The number of carbonyl (C=O) groups is 2. The Morgan fingerprint density at radius 2 is 1.42 bits per heavy atom. The first-order valence-electron chi connectivity index (χ1n) is 7.99. The van der Waals surface area contributed by atoms with Crippen molar-refractivity contribution in [1.82, 2.24) is 5.48 Å². The fraction of sp³-hybridized carbons (Fsp3) is 0.263. The number of rotatable bonds is 6. The number of carbonyl (C=O) groups excluding carboxylic acids is 2. The summed E-state index contributed by atoms with van der Waals surface area (Å²) in [6, 6.07) is 15.2. The smallest absolute Gasteiger partial charge is 0.270 e. The summed E-state index contributed by atoms with van der Waals surface area (Å²) in [5.41, 5.74) is 1.49. The Bertz CT molecular complexity index is 871. The number of benzene rings is 2. The highest BCUT2D eigenvalue weighted by Crippen LogP contribution is 2.20. The zero-order chi connectivity index (χ0) is 19.4. The summed E-state index contributed by atoms with van der Waals surface area (Å²) in [6.45, 7) is 5.06. The van der Waals surface area contributed by atoms with Gasteiger partial charge in [0.1, 0.15) is 0 Å². The molecule has 0 saturated heterocycles. The van der Waals surface area contributed by atoms with E-state index in [2.05, 4.69) is 5.48 Å². The summed E-state index contributed by atoms with van der Waals surface area (Å²) in [5.74, 6) is -1.85. The molecule has 0 bridgehead atoms. The molecule has 0 aliphatic heterocycles. The summed E-state index contributed by atoms with van der Waals surface area (Å²) in [5, 5.41) is -1.95. The van der Waals surface area contributed by atoms with E-state index in [0.717, 1.165) is 0 Å². The van der Waals surface area contributed by atoms with E-state index in [-0.39, 0.29) is 10.5 Å². The number of ketones is 1.